The van der Waals surface area contributed by atoms with Crippen LogP contribution in [-0.4, -0.2) is 37.1 Å². The summed E-state index contributed by atoms with van der Waals surface area (Å²) < 4.78 is 0. The molecule has 1 rings (SSSR count). The Morgan fingerprint density at radius 2 is 2.07 bits per heavy atom. The summed E-state index contributed by atoms with van der Waals surface area (Å²) in [6.07, 6.45) is 3.85. The van der Waals surface area contributed by atoms with Gasteiger partial charge in [0.25, 0.3) is 0 Å². The van der Waals surface area contributed by atoms with Crippen LogP contribution in [0.25, 0.3) is 0 Å². The predicted molar refractivity (Wildman–Crippen MR) is 62.6 cm³/mol. The van der Waals surface area contributed by atoms with Gasteiger partial charge in [0, 0.05) is 19.1 Å². The van der Waals surface area contributed by atoms with Gasteiger partial charge in [0.15, 0.2) is 0 Å². The molecule has 0 amide bonds. The van der Waals surface area contributed by atoms with Crippen LogP contribution in [0.2, 0.25) is 0 Å². The smallest absolute Gasteiger partial charge is 0.0192 e. The molecule has 2 nitrogen and oxygen atoms in total. The molecule has 0 saturated carbocycles. The minimum atomic E-state index is 0.683. The van der Waals surface area contributed by atoms with Gasteiger partial charge < -0.3 is 5.32 Å². The summed E-state index contributed by atoms with van der Waals surface area (Å²) in [5.74, 6) is 0. The predicted octanol–water partition coefficient (Wildman–Crippen LogP) is 2.03. The second kappa shape index (κ2) is 6.20. The van der Waals surface area contributed by atoms with Crippen LogP contribution < -0.4 is 5.32 Å². The van der Waals surface area contributed by atoms with Gasteiger partial charge in [-0.05, 0) is 39.3 Å². The zero-order chi connectivity index (χ0) is 10.4. The van der Waals surface area contributed by atoms with E-state index >= 15 is 0 Å². The van der Waals surface area contributed by atoms with Crippen LogP contribution in [0.1, 0.15) is 33.1 Å². The first-order valence-electron chi connectivity index (χ1n) is 5.85. The Labute approximate surface area is 88.4 Å². The second-order valence-corrected chi connectivity index (χ2v) is 4.33. The van der Waals surface area contributed by atoms with E-state index in [0.29, 0.717) is 6.04 Å². The average molecular weight is 196 g/mol. The summed E-state index contributed by atoms with van der Waals surface area (Å²) >= 11 is 0. The van der Waals surface area contributed by atoms with Gasteiger partial charge in [-0.15, -0.1) is 0 Å². The van der Waals surface area contributed by atoms with Crippen molar-refractivity contribution >= 4 is 0 Å². The zero-order valence-electron chi connectivity index (χ0n) is 9.68. The SMILES string of the molecule is C=C(CC)CNCC(C)N1CCCC1. The van der Waals surface area contributed by atoms with E-state index < -0.39 is 0 Å². The van der Waals surface area contributed by atoms with E-state index in [1.54, 1.807) is 0 Å². The van der Waals surface area contributed by atoms with E-state index in [1.165, 1.54) is 31.5 Å². The summed E-state index contributed by atoms with van der Waals surface area (Å²) in [4.78, 5) is 2.57. The first kappa shape index (κ1) is 11.7. The van der Waals surface area contributed by atoms with Crippen LogP contribution in [0.5, 0.6) is 0 Å². The van der Waals surface area contributed by atoms with Crippen molar-refractivity contribution < 1.29 is 0 Å². The van der Waals surface area contributed by atoms with Crippen molar-refractivity contribution in [1.29, 1.82) is 0 Å². The molecule has 82 valence electrons. The molecule has 1 saturated heterocycles. The van der Waals surface area contributed by atoms with Gasteiger partial charge in [0.05, 0.1) is 0 Å². The van der Waals surface area contributed by atoms with E-state index in [2.05, 4.69) is 30.6 Å². The van der Waals surface area contributed by atoms with Crippen LogP contribution in [0, 0.1) is 0 Å². The third kappa shape index (κ3) is 3.81. The van der Waals surface area contributed by atoms with Crippen molar-refractivity contribution in [2.24, 2.45) is 0 Å². The minimum absolute atomic E-state index is 0.683. The Kier molecular flexibility index (Phi) is 5.20. The fraction of sp³-hybridized carbons (Fsp3) is 0.833. The standard InChI is InChI=1S/C12H24N2/c1-4-11(2)9-13-10-12(3)14-7-5-6-8-14/h12-13H,2,4-10H2,1,3H3. The van der Waals surface area contributed by atoms with Crippen molar-refractivity contribution in [3.63, 3.8) is 0 Å². The summed E-state index contributed by atoms with van der Waals surface area (Å²) in [5.41, 5.74) is 1.30. The van der Waals surface area contributed by atoms with Crippen molar-refractivity contribution in [2.75, 3.05) is 26.2 Å². The van der Waals surface area contributed by atoms with Crippen molar-refractivity contribution in [3.8, 4) is 0 Å². The lowest BCUT2D eigenvalue weighted by atomic mass is 10.2. The highest BCUT2D eigenvalue weighted by atomic mass is 15.2. The Morgan fingerprint density at radius 1 is 1.43 bits per heavy atom. The minimum Gasteiger partial charge on any atom is -0.311 e. The lowest BCUT2D eigenvalue weighted by Crippen LogP contribution is -2.39. The lowest BCUT2D eigenvalue weighted by Gasteiger charge is -2.24. The van der Waals surface area contributed by atoms with Crippen molar-refractivity contribution in [3.05, 3.63) is 12.2 Å². The Hall–Kier alpha value is -0.340. The molecule has 1 atom stereocenters. The molecule has 1 heterocycles. The summed E-state index contributed by atoms with van der Waals surface area (Å²) in [6, 6.07) is 0.683. The molecule has 1 N–H and O–H groups in total. The number of hydrogen-bond donors (Lipinski definition) is 1. The van der Waals surface area contributed by atoms with E-state index in [-0.39, 0.29) is 0 Å². The molecule has 0 aromatic carbocycles. The van der Waals surface area contributed by atoms with Gasteiger partial charge in [-0.2, -0.15) is 0 Å². The monoisotopic (exact) mass is 196 g/mol. The molecule has 0 aromatic heterocycles. The molecule has 1 aliphatic heterocycles. The number of nitrogens with zero attached hydrogens (tertiary/aromatic N) is 1. The molecule has 0 spiro atoms. The first-order chi connectivity index (χ1) is 6.74. The molecular formula is C12H24N2. The van der Waals surface area contributed by atoms with E-state index in [4.69, 9.17) is 0 Å². The molecule has 0 radical (unpaired) electrons. The molecule has 0 bridgehead atoms. The van der Waals surface area contributed by atoms with E-state index in [9.17, 15) is 0 Å². The van der Waals surface area contributed by atoms with Crippen LogP contribution in [0.3, 0.4) is 0 Å². The van der Waals surface area contributed by atoms with Gasteiger partial charge in [-0.25, -0.2) is 0 Å². The molecule has 0 aromatic rings. The largest absolute Gasteiger partial charge is 0.311 e. The summed E-state index contributed by atoms with van der Waals surface area (Å²) in [7, 11) is 0. The van der Waals surface area contributed by atoms with Crippen LogP contribution >= 0.6 is 0 Å². The fourth-order valence-corrected chi connectivity index (χ4v) is 1.89. The van der Waals surface area contributed by atoms with Crippen molar-refractivity contribution in [1.82, 2.24) is 10.2 Å². The highest BCUT2D eigenvalue weighted by Gasteiger charge is 2.16. The van der Waals surface area contributed by atoms with Gasteiger partial charge in [0.2, 0.25) is 0 Å². The zero-order valence-corrected chi connectivity index (χ0v) is 9.68. The molecule has 0 aliphatic carbocycles. The van der Waals surface area contributed by atoms with Gasteiger partial charge in [-0.3, -0.25) is 4.90 Å². The number of rotatable bonds is 6. The normalized spacial score (nSPS) is 19.9. The third-order valence-corrected chi connectivity index (χ3v) is 3.08. The molecule has 1 aliphatic rings. The molecule has 1 fully saturated rings. The van der Waals surface area contributed by atoms with Gasteiger partial charge in [-0.1, -0.05) is 19.1 Å². The van der Waals surface area contributed by atoms with Crippen molar-refractivity contribution in [2.45, 2.75) is 39.2 Å². The molecule has 2 heteroatoms. The fourth-order valence-electron chi connectivity index (χ4n) is 1.89. The van der Waals surface area contributed by atoms with Crippen LogP contribution in [0.4, 0.5) is 0 Å². The van der Waals surface area contributed by atoms with Crippen LogP contribution in [-0.2, 0) is 0 Å². The quantitative estimate of drug-likeness (QED) is 0.654. The summed E-state index contributed by atoms with van der Waals surface area (Å²) in [5, 5.41) is 3.47. The topological polar surface area (TPSA) is 15.3 Å². The Balaban J connectivity index is 2.08. The maximum absolute atomic E-state index is 3.99. The van der Waals surface area contributed by atoms with Gasteiger partial charge in [0.1, 0.15) is 0 Å². The molecular weight excluding hydrogens is 172 g/mol. The highest BCUT2D eigenvalue weighted by molar-refractivity contribution is 4.95. The second-order valence-electron chi connectivity index (χ2n) is 4.33. The van der Waals surface area contributed by atoms with E-state index in [1.807, 2.05) is 0 Å². The lowest BCUT2D eigenvalue weighted by molar-refractivity contribution is 0.253. The van der Waals surface area contributed by atoms with E-state index in [0.717, 1.165) is 19.5 Å². The Morgan fingerprint density at radius 3 is 2.64 bits per heavy atom. The number of nitrogens with one attached hydrogen (secondary N) is 1. The summed E-state index contributed by atoms with van der Waals surface area (Å²) in [6.45, 7) is 13.1. The molecule has 14 heavy (non-hydrogen) atoms. The third-order valence-electron chi connectivity index (χ3n) is 3.08. The van der Waals surface area contributed by atoms with Crippen LogP contribution in [0.15, 0.2) is 12.2 Å². The maximum Gasteiger partial charge on any atom is 0.0192 e. The number of hydrogen-bond acceptors (Lipinski definition) is 2. The number of likely N-dealkylation sites (tertiary alicyclic amines) is 1. The maximum atomic E-state index is 3.99. The average Bonchev–Trinajstić information content (AvgIpc) is 2.70. The highest BCUT2D eigenvalue weighted by Crippen LogP contribution is 2.10. The molecule has 1 unspecified atom stereocenters. The Bertz CT molecular complexity index is 171. The van der Waals surface area contributed by atoms with Gasteiger partial charge >= 0.3 is 0 Å². The first-order valence-corrected chi connectivity index (χ1v) is 5.85.